The van der Waals surface area contributed by atoms with E-state index in [0.717, 1.165) is 0 Å². The molecule has 0 N–H and O–H groups in total. The zero-order valence-electron chi connectivity index (χ0n) is 6.77. The van der Waals surface area contributed by atoms with Gasteiger partial charge in [0.2, 0.25) is 0 Å². The summed E-state index contributed by atoms with van der Waals surface area (Å²) in [5, 5.41) is 2.55. The molecule has 0 bridgehead atoms. The molecule has 0 heteroatoms. The maximum absolute atomic E-state index is 2.12. The van der Waals surface area contributed by atoms with Crippen molar-refractivity contribution >= 4 is 12.2 Å². The van der Waals surface area contributed by atoms with Gasteiger partial charge in [-0.25, -0.2) is 0 Å². The number of hydrogen-bond donors (Lipinski definition) is 0. The zero-order chi connectivity index (χ0) is 8.23. The van der Waals surface area contributed by atoms with Crippen LogP contribution in [0.4, 0.5) is 0 Å². The van der Waals surface area contributed by atoms with Crippen molar-refractivity contribution in [1.82, 2.24) is 0 Å². The number of benzene rings is 1. The lowest BCUT2D eigenvalue weighted by Gasteiger charge is -1.89. The highest BCUT2D eigenvalue weighted by Gasteiger charge is 1.81. The summed E-state index contributed by atoms with van der Waals surface area (Å²) in [7, 11) is 0. The molecule has 0 nitrogen and oxygen atoms in total. The van der Waals surface area contributed by atoms with Gasteiger partial charge < -0.3 is 0 Å². The van der Waals surface area contributed by atoms with Gasteiger partial charge in [-0.1, -0.05) is 60.7 Å². The molecular weight excluding hydrogens is 144 g/mol. The summed E-state index contributed by atoms with van der Waals surface area (Å²) in [6.07, 6.45) is 12.4. The summed E-state index contributed by atoms with van der Waals surface area (Å²) < 4.78 is 0. The van der Waals surface area contributed by atoms with Gasteiger partial charge in [0.15, 0.2) is 0 Å². The van der Waals surface area contributed by atoms with E-state index in [0.29, 0.717) is 0 Å². The summed E-state index contributed by atoms with van der Waals surface area (Å²) in [5.41, 5.74) is 0. The average molecular weight is 154 g/mol. The minimum atomic E-state index is 1.28. The third-order valence-electron chi connectivity index (χ3n) is 1.88. The summed E-state index contributed by atoms with van der Waals surface area (Å²) in [6, 6.07) is 8.36. The Bertz CT molecular complexity index is 390. The van der Waals surface area contributed by atoms with Crippen LogP contribution >= 0.6 is 0 Å². The molecule has 12 heavy (non-hydrogen) atoms. The Kier molecular flexibility index (Phi) is 1.91. The van der Waals surface area contributed by atoms with Crippen molar-refractivity contribution in [2.45, 2.75) is 0 Å². The second-order valence-electron chi connectivity index (χ2n) is 2.73. The van der Waals surface area contributed by atoms with Gasteiger partial charge in [0, 0.05) is 0 Å². The van der Waals surface area contributed by atoms with Crippen LogP contribution in [0.25, 0.3) is 12.2 Å². The second-order valence-corrected chi connectivity index (χ2v) is 2.73. The van der Waals surface area contributed by atoms with Crippen LogP contribution in [-0.4, -0.2) is 0 Å². The highest BCUT2D eigenvalue weighted by atomic mass is 13.9. The Morgan fingerprint density at radius 1 is 0.583 bits per heavy atom. The molecule has 0 aromatic heterocycles. The van der Waals surface area contributed by atoms with Gasteiger partial charge in [-0.15, -0.1) is 0 Å². The molecule has 0 radical (unpaired) electrons. The number of hydrogen-bond acceptors (Lipinski definition) is 0. The van der Waals surface area contributed by atoms with Crippen LogP contribution < -0.4 is 10.4 Å². The Hall–Kier alpha value is -1.56. The Morgan fingerprint density at radius 3 is 1.58 bits per heavy atom. The van der Waals surface area contributed by atoms with Gasteiger partial charge in [0.25, 0.3) is 0 Å². The average Bonchev–Trinajstić information content (AvgIpc) is 2.06. The molecule has 0 fully saturated rings. The van der Waals surface area contributed by atoms with Crippen molar-refractivity contribution in [2.75, 3.05) is 0 Å². The SMILES string of the molecule is C1=C\C=C\C=c2/cccc/c2=C/1. The quantitative estimate of drug-likeness (QED) is 0.529. The molecule has 0 amide bonds. The minimum Gasteiger partial charge on any atom is -0.0622 e. The Balaban J connectivity index is 2.80. The van der Waals surface area contributed by atoms with E-state index in [1.807, 2.05) is 12.2 Å². The van der Waals surface area contributed by atoms with Crippen LogP contribution in [0.3, 0.4) is 0 Å². The highest BCUT2D eigenvalue weighted by Crippen LogP contribution is 1.83. The topological polar surface area (TPSA) is 0 Å². The van der Waals surface area contributed by atoms with E-state index in [-0.39, 0.29) is 0 Å². The first-order chi connectivity index (χ1) is 5.97. The molecule has 0 aliphatic heterocycles. The predicted octanol–water partition coefficient (Wildman–Crippen LogP) is 1.37. The van der Waals surface area contributed by atoms with E-state index >= 15 is 0 Å². The molecule has 1 aromatic carbocycles. The van der Waals surface area contributed by atoms with Crippen molar-refractivity contribution in [1.29, 1.82) is 0 Å². The fraction of sp³-hybridized carbons (Fsp3) is 0. The van der Waals surface area contributed by atoms with E-state index in [1.54, 1.807) is 0 Å². The maximum atomic E-state index is 2.12. The second kappa shape index (κ2) is 3.22. The largest absolute Gasteiger partial charge is 0.0622 e. The Labute approximate surface area is 71.9 Å². The highest BCUT2D eigenvalue weighted by molar-refractivity contribution is 5.47. The molecule has 0 spiro atoms. The van der Waals surface area contributed by atoms with E-state index in [9.17, 15) is 0 Å². The van der Waals surface area contributed by atoms with Gasteiger partial charge in [-0.05, 0) is 10.4 Å². The first-order valence-corrected chi connectivity index (χ1v) is 4.07. The van der Waals surface area contributed by atoms with Crippen LogP contribution in [0.1, 0.15) is 0 Å². The van der Waals surface area contributed by atoms with Gasteiger partial charge in [-0.3, -0.25) is 0 Å². The van der Waals surface area contributed by atoms with Crippen LogP contribution in [-0.2, 0) is 0 Å². The molecule has 1 aliphatic carbocycles. The molecule has 1 aromatic rings. The van der Waals surface area contributed by atoms with Gasteiger partial charge in [-0.2, -0.15) is 0 Å². The number of allylic oxidation sites excluding steroid dienone is 4. The normalized spacial score (nSPS) is 24.7. The van der Waals surface area contributed by atoms with Crippen molar-refractivity contribution in [3.8, 4) is 0 Å². The molecule has 0 saturated heterocycles. The van der Waals surface area contributed by atoms with Crippen molar-refractivity contribution in [2.24, 2.45) is 0 Å². The predicted molar refractivity (Wildman–Crippen MR) is 52.9 cm³/mol. The zero-order valence-corrected chi connectivity index (χ0v) is 6.77. The first-order valence-electron chi connectivity index (χ1n) is 4.07. The standard InChI is InChI=1S/C12H10/c1-2-4-8-12-10-6-5-9-11(12)7-3-1/h1-10H/b2-1?,3-1-,4-2+,7-3?,8-4?,11-7-,12-8+. The van der Waals surface area contributed by atoms with Crippen LogP contribution in [0.15, 0.2) is 48.6 Å². The molecule has 58 valence electrons. The molecule has 0 heterocycles. The molecule has 0 unspecified atom stereocenters. The van der Waals surface area contributed by atoms with Crippen LogP contribution in [0, 0.1) is 0 Å². The monoisotopic (exact) mass is 154 g/mol. The third kappa shape index (κ3) is 1.37. The lowest BCUT2D eigenvalue weighted by molar-refractivity contribution is 1.52. The van der Waals surface area contributed by atoms with Crippen molar-refractivity contribution < 1.29 is 0 Å². The fourth-order valence-electron chi connectivity index (χ4n) is 1.26. The molecule has 0 saturated carbocycles. The van der Waals surface area contributed by atoms with E-state index in [4.69, 9.17) is 0 Å². The first kappa shape index (κ1) is 7.11. The lowest BCUT2D eigenvalue weighted by Crippen LogP contribution is -2.22. The minimum absolute atomic E-state index is 1.28. The van der Waals surface area contributed by atoms with Gasteiger partial charge in [0.05, 0.1) is 0 Å². The maximum Gasteiger partial charge on any atom is -0.0184 e. The molecule has 0 atom stereocenters. The van der Waals surface area contributed by atoms with Crippen LogP contribution in [0.5, 0.6) is 0 Å². The summed E-state index contributed by atoms with van der Waals surface area (Å²) in [5.74, 6) is 0. The van der Waals surface area contributed by atoms with Gasteiger partial charge in [0.1, 0.15) is 0 Å². The fourth-order valence-corrected chi connectivity index (χ4v) is 1.26. The summed E-state index contributed by atoms with van der Waals surface area (Å²) in [6.45, 7) is 0. The van der Waals surface area contributed by atoms with Gasteiger partial charge >= 0.3 is 0 Å². The van der Waals surface area contributed by atoms with E-state index in [2.05, 4.69) is 48.6 Å². The Morgan fingerprint density at radius 2 is 1.08 bits per heavy atom. The van der Waals surface area contributed by atoms with Crippen molar-refractivity contribution in [3.63, 3.8) is 0 Å². The smallest absolute Gasteiger partial charge is 0.0184 e. The molecule has 1 aliphatic rings. The summed E-state index contributed by atoms with van der Waals surface area (Å²) >= 11 is 0. The third-order valence-corrected chi connectivity index (χ3v) is 1.88. The summed E-state index contributed by atoms with van der Waals surface area (Å²) in [4.78, 5) is 0. The van der Waals surface area contributed by atoms with Crippen molar-refractivity contribution in [3.05, 3.63) is 59.0 Å². The van der Waals surface area contributed by atoms with Crippen LogP contribution in [0.2, 0.25) is 0 Å². The number of rotatable bonds is 0. The van der Waals surface area contributed by atoms with E-state index < -0.39 is 0 Å². The lowest BCUT2D eigenvalue weighted by atomic mass is 10.2. The number of fused-ring (bicyclic) bond motifs is 1. The van der Waals surface area contributed by atoms with E-state index in [1.165, 1.54) is 10.4 Å². The molecular formula is C12H10. The molecule has 2 rings (SSSR count).